The maximum Gasteiger partial charge on any atom is 0.150 e. The number of hydrogen-bond acceptors (Lipinski definition) is 5. The number of nitriles is 3. The molecule has 1 aromatic rings. The van der Waals surface area contributed by atoms with Crippen molar-refractivity contribution in [1.82, 2.24) is 4.90 Å². The molecule has 0 atom stereocenters. The highest BCUT2D eigenvalue weighted by Gasteiger charge is 2.06. The number of nitrogens with zero attached hydrogens (tertiary/aromatic N) is 5. The third kappa shape index (κ3) is 5.67. The lowest BCUT2D eigenvalue weighted by Crippen LogP contribution is -2.21. The summed E-state index contributed by atoms with van der Waals surface area (Å²) in [6.07, 6.45) is 2.86. The Morgan fingerprint density at radius 3 is 2.21 bits per heavy atom. The van der Waals surface area contributed by atoms with Gasteiger partial charge in [-0.05, 0) is 32.1 Å². The average molecular weight is 318 g/mol. The molecule has 0 aliphatic rings. The molecule has 6 nitrogen and oxygen atoms in total. The van der Waals surface area contributed by atoms with Crippen LogP contribution >= 0.6 is 0 Å². The Bertz CT molecular complexity index is 733. The SMILES string of the molecule is CCN(/C=N/C(Nc1ccccc1)=C(\C#N)C=C(C#N)C#N)CC. The minimum Gasteiger partial charge on any atom is -0.363 e. The molecule has 0 aromatic heterocycles. The van der Waals surface area contributed by atoms with Gasteiger partial charge in [-0.2, -0.15) is 15.8 Å². The number of rotatable bonds is 7. The number of allylic oxidation sites excluding steroid dienone is 3. The number of nitrogens with one attached hydrogen (secondary N) is 1. The van der Waals surface area contributed by atoms with E-state index in [-0.39, 0.29) is 17.0 Å². The quantitative estimate of drug-likeness (QED) is 0.360. The summed E-state index contributed by atoms with van der Waals surface area (Å²) in [6.45, 7) is 5.55. The first-order chi connectivity index (χ1) is 11.7. The fraction of sp³-hybridized carbons (Fsp3) is 0.222. The molecule has 0 radical (unpaired) electrons. The third-order valence-corrected chi connectivity index (χ3v) is 3.10. The van der Waals surface area contributed by atoms with E-state index in [9.17, 15) is 5.26 Å². The van der Waals surface area contributed by atoms with Crippen LogP contribution < -0.4 is 5.32 Å². The second-order valence-corrected chi connectivity index (χ2v) is 4.61. The van der Waals surface area contributed by atoms with Crippen LogP contribution in [-0.2, 0) is 0 Å². The van der Waals surface area contributed by atoms with Gasteiger partial charge in [-0.15, -0.1) is 0 Å². The van der Waals surface area contributed by atoms with Crippen molar-refractivity contribution < 1.29 is 0 Å². The second kappa shape index (κ2) is 10.2. The second-order valence-electron chi connectivity index (χ2n) is 4.61. The summed E-state index contributed by atoms with van der Waals surface area (Å²) in [5, 5.41) is 30.2. The highest BCUT2D eigenvalue weighted by Crippen LogP contribution is 2.15. The molecule has 0 spiro atoms. The van der Waals surface area contributed by atoms with Crippen LogP contribution in [0.4, 0.5) is 5.69 Å². The molecule has 0 aliphatic heterocycles. The first-order valence-corrected chi connectivity index (χ1v) is 7.45. The molecule has 0 unspecified atom stereocenters. The summed E-state index contributed by atoms with van der Waals surface area (Å²) in [6, 6.07) is 14.7. The Morgan fingerprint density at radius 1 is 1.08 bits per heavy atom. The van der Waals surface area contributed by atoms with E-state index < -0.39 is 0 Å². The fourth-order valence-corrected chi connectivity index (χ4v) is 1.74. The van der Waals surface area contributed by atoms with Crippen molar-refractivity contribution >= 4 is 12.0 Å². The Morgan fingerprint density at radius 2 is 1.71 bits per heavy atom. The molecule has 0 fully saturated rings. The topological polar surface area (TPSA) is 99.0 Å². The van der Waals surface area contributed by atoms with Crippen LogP contribution in [0.5, 0.6) is 0 Å². The number of anilines is 1. The molecule has 6 heteroatoms. The molecule has 0 aliphatic carbocycles. The average Bonchev–Trinajstić information content (AvgIpc) is 2.63. The highest BCUT2D eigenvalue weighted by molar-refractivity contribution is 5.62. The van der Waals surface area contributed by atoms with E-state index in [2.05, 4.69) is 10.3 Å². The molecule has 0 saturated heterocycles. The maximum atomic E-state index is 9.40. The van der Waals surface area contributed by atoms with E-state index in [4.69, 9.17) is 10.5 Å². The first kappa shape index (κ1) is 18.5. The van der Waals surface area contributed by atoms with Gasteiger partial charge in [-0.3, -0.25) is 0 Å². The van der Waals surface area contributed by atoms with Gasteiger partial charge in [0.1, 0.15) is 29.6 Å². The molecule has 1 rings (SSSR count). The highest BCUT2D eigenvalue weighted by atomic mass is 15.2. The van der Waals surface area contributed by atoms with Crippen molar-refractivity contribution in [2.24, 2.45) is 4.99 Å². The van der Waals surface area contributed by atoms with Gasteiger partial charge in [0, 0.05) is 18.8 Å². The molecule has 0 amide bonds. The standard InChI is InChI=1S/C18H18N6/c1-3-24(4-2)14-22-18(23-17-8-6-5-7-9-17)16(13-21)10-15(11-19)12-20/h5-10,14,23H,3-4H2,1-2H3/b18-16+,22-14+. The summed E-state index contributed by atoms with van der Waals surface area (Å²) in [5.41, 5.74) is 0.707. The lowest BCUT2D eigenvalue weighted by molar-refractivity contribution is 0.479. The van der Waals surface area contributed by atoms with Gasteiger partial charge < -0.3 is 10.2 Å². The van der Waals surface area contributed by atoms with E-state index in [1.165, 1.54) is 6.08 Å². The molecule has 24 heavy (non-hydrogen) atoms. The van der Waals surface area contributed by atoms with Crippen LogP contribution in [-0.4, -0.2) is 24.3 Å². The normalized spacial score (nSPS) is 10.8. The number of para-hydroxylation sites is 1. The minimum absolute atomic E-state index is 0.111. The summed E-state index contributed by atoms with van der Waals surface area (Å²) in [4.78, 5) is 6.30. The number of aliphatic imine (C=N–C) groups is 1. The van der Waals surface area contributed by atoms with Gasteiger partial charge in [0.2, 0.25) is 0 Å². The summed E-state index contributed by atoms with van der Waals surface area (Å²) >= 11 is 0. The van der Waals surface area contributed by atoms with Crippen molar-refractivity contribution in [3.05, 3.63) is 53.4 Å². The first-order valence-electron chi connectivity index (χ1n) is 7.45. The van der Waals surface area contributed by atoms with E-state index in [1.54, 1.807) is 18.5 Å². The van der Waals surface area contributed by atoms with Crippen LogP contribution in [0.15, 0.2) is 58.4 Å². The van der Waals surface area contributed by atoms with Crippen LogP contribution in [0, 0.1) is 34.0 Å². The molecule has 0 heterocycles. The van der Waals surface area contributed by atoms with Crippen LogP contribution in [0.25, 0.3) is 0 Å². The number of benzene rings is 1. The summed E-state index contributed by atoms with van der Waals surface area (Å²) in [7, 11) is 0. The van der Waals surface area contributed by atoms with E-state index >= 15 is 0 Å². The predicted octanol–water partition coefficient (Wildman–Crippen LogP) is 3.18. The molecule has 1 N–H and O–H groups in total. The minimum atomic E-state index is -0.156. The number of hydrogen-bond donors (Lipinski definition) is 1. The van der Waals surface area contributed by atoms with Crippen LogP contribution in [0.3, 0.4) is 0 Å². The zero-order valence-corrected chi connectivity index (χ0v) is 13.7. The fourth-order valence-electron chi connectivity index (χ4n) is 1.74. The molecule has 0 bridgehead atoms. The van der Waals surface area contributed by atoms with Crippen molar-refractivity contribution in [2.75, 3.05) is 18.4 Å². The van der Waals surface area contributed by atoms with Crippen molar-refractivity contribution in [2.45, 2.75) is 13.8 Å². The van der Waals surface area contributed by atoms with Crippen molar-refractivity contribution in [3.8, 4) is 18.2 Å². The molecule has 120 valence electrons. The van der Waals surface area contributed by atoms with Gasteiger partial charge >= 0.3 is 0 Å². The molecular formula is C18H18N6. The van der Waals surface area contributed by atoms with Crippen LogP contribution in [0.1, 0.15) is 13.8 Å². The molecule has 1 aromatic carbocycles. The van der Waals surface area contributed by atoms with Crippen molar-refractivity contribution in [1.29, 1.82) is 15.8 Å². The van der Waals surface area contributed by atoms with Gasteiger partial charge in [-0.25, -0.2) is 4.99 Å². The molecular weight excluding hydrogens is 300 g/mol. The Balaban J connectivity index is 3.32. The lowest BCUT2D eigenvalue weighted by Gasteiger charge is -2.15. The van der Waals surface area contributed by atoms with E-state index in [0.717, 1.165) is 18.8 Å². The third-order valence-electron chi connectivity index (χ3n) is 3.10. The monoisotopic (exact) mass is 318 g/mol. The summed E-state index contributed by atoms with van der Waals surface area (Å²) in [5.74, 6) is 0.276. The van der Waals surface area contributed by atoms with E-state index in [0.29, 0.717) is 0 Å². The predicted molar refractivity (Wildman–Crippen MR) is 93.4 cm³/mol. The van der Waals surface area contributed by atoms with Gasteiger partial charge in [-0.1, -0.05) is 18.2 Å². The largest absolute Gasteiger partial charge is 0.363 e. The molecule has 0 saturated carbocycles. The Hall–Kier alpha value is -3.56. The smallest absolute Gasteiger partial charge is 0.150 e. The Kier molecular flexibility index (Phi) is 7.87. The van der Waals surface area contributed by atoms with Gasteiger partial charge in [0.15, 0.2) is 0 Å². The van der Waals surface area contributed by atoms with Gasteiger partial charge in [0.05, 0.1) is 11.9 Å². The van der Waals surface area contributed by atoms with Crippen molar-refractivity contribution in [3.63, 3.8) is 0 Å². The zero-order valence-electron chi connectivity index (χ0n) is 13.7. The lowest BCUT2D eigenvalue weighted by atomic mass is 10.2. The maximum absolute atomic E-state index is 9.40. The Labute approximate surface area is 142 Å². The van der Waals surface area contributed by atoms with Crippen LogP contribution in [0.2, 0.25) is 0 Å². The summed E-state index contributed by atoms with van der Waals surface area (Å²) < 4.78 is 0. The van der Waals surface area contributed by atoms with E-state index in [1.807, 2.05) is 55.1 Å². The zero-order chi connectivity index (χ0) is 17.8. The van der Waals surface area contributed by atoms with Gasteiger partial charge in [0.25, 0.3) is 0 Å².